The number of hydrogen-bond acceptors (Lipinski definition) is 2. The maximum Gasteiger partial charge on any atom is 0.260 e. The molecule has 2 heterocycles. The molecule has 0 fully saturated rings. The van der Waals surface area contributed by atoms with Crippen molar-refractivity contribution in [2.45, 2.75) is 26.7 Å². The third-order valence-corrected chi connectivity index (χ3v) is 5.49. The van der Waals surface area contributed by atoms with Crippen molar-refractivity contribution in [3.8, 4) is 0 Å². The molecule has 144 valence electrons. The molecule has 1 aliphatic rings. The number of aryl methyl sites for hydroxylation is 1. The fourth-order valence-corrected chi connectivity index (χ4v) is 3.85. The number of halogens is 1. The number of Topliss-reactive ketones (excluding diaryl/α,β-unsaturated/α-hetero) is 1. The predicted molar refractivity (Wildman–Crippen MR) is 108 cm³/mol. The summed E-state index contributed by atoms with van der Waals surface area (Å²) < 4.78 is 15.4. The number of anilines is 1. The highest BCUT2D eigenvalue weighted by Gasteiger charge is 2.28. The standard InChI is InChI=1S/C23H23FN2O2/c1-14(2)22(27)11-15-4-7-20-16(10-15)8-9-26(20)23(28)19-13-25(3)21-12-17(24)5-6-18(19)21/h4-7,10,12-14H,8-9,11H2,1-3H3. The van der Waals surface area contributed by atoms with Crippen molar-refractivity contribution in [1.29, 1.82) is 0 Å². The van der Waals surface area contributed by atoms with Crippen molar-refractivity contribution in [2.24, 2.45) is 13.0 Å². The van der Waals surface area contributed by atoms with Crippen LogP contribution in [0.3, 0.4) is 0 Å². The van der Waals surface area contributed by atoms with Gasteiger partial charge in [0.1, 0.15) is 11.6 Å². The summed E-state index contributed by atoms with van der Waals surface area (Å²) in [7, 11) is 1.81. The van der Waals surface area contributed by atoms with Crippen molar-refractivity contribution < 1.29 is 14.0 Å². The van der Waals surface area contributed by atoms with Gasteiger partial charge < -0.3 is 9.47 Å². The van der Waals surface area contributed by atoms with Crippen LogP contribution in [0.25, 0.3) is 10.9 Å². The average Bonchev–Trinajstić information content (AvgIpc) is 3.22. The molecule has 3 aromatic rings. The Balaban J connectivity index is 1.65. The van der Waals surface area contributed by atoms with E-state index in [-0.39, 0.29) is 23.4 Å². The summed E-state index contributed by atoms with van der Waals surface area (Å²) in [5, 5.41) is 0.751. The topological polar surface area (TPSA) is 42.3 Å². The third kappa shape index (κ3) is 3.11. The van der Waals surface area contributed by atoms with Crippen LogP contribution in [0.1, 0.15) is 35.3 Å². The van der Waals surface area contributed by atoms with Gasteiger partial charge in [0.2, 0.25) is 0 Å². The number of hydrogen-bond donors (Lipinski definition) is 0. The van der Waals surface area contributed by atoms with E-state index in [1.54, 1.807) is 21.7 Å². The lowest BCUT2D eigenvalue weighted by Gasteiger charge is -2.17. The second-order valence-corrected chi connectivity index (χ2v) is 7.78. The predicted octanol–water partition coefficient (Wildman–Crippen LogP) is 4.29. The van der Waals surface area contributed by atoms with E-state index >= 15 is 0 Å². The van der Waals surface area contributed by atoms with Gasteiger partial charge >= 0.3 is 0 Å². The van der Waals surface area contributed by atoms with Gasteiger partial charge in [-0.2, -0.15) is 0 Å². The SMILES string of the molecule is CC(C)C(=O)Cc1ccc2c(c1)CCN2C(=O)c1cn(C)c2cc(F)ccc12. The second kappa shape index (κ2) is 6.89. The van der Waals surface area contributed by atoms with E-state index in [1.807, 2.05) is 39.1 Å². The number of nitrogens with zero attached hydrogens (tertiary/aromatic N) is 2. The van der Waals surface area contributed by atoms with Gasteiger partial charge in [-0.15, -0.1) is 0 Å². The summed E-state index contributed by atoms with van der Waals surface area (Å²) in [6.45, 7) is 4.42. The first-order valence-electron chi connectivity index (χ1n) is 9.56. The number of rotatable bonds is 4. The molecule has 4 rings (SSSR count). The Kier molecular flexibility index (Phi) is 4.53. The van der Waals surface area contributed by atoms with E-state index in [2.05, 4.69) is 0 Å². The third-order valence-electron chi connectivity index (χ3n) is 5.49. The Morgan fingerprint density at radius 3 is 2.68 bits per heavy atom. The summed E-state index contributed by atoms with van der Waals surface area (Å²) in [6.07, 6.45) is 2.96. The molecule has 2 aromatic carbocycles. The van der Waals surface area contributed by atoms with Crippen LogP contribution in [0.2, 0.25) is 0 Å². The molecule has 4 nitrogen and oxygen atoms in total. The Hall–Kier alpha value is -2.95. The number of aromatic nitrogens is 1. The van der Waals surface area contributed by atoms with Crippen LogP contribution in [-0.2, 0) is 24.7 Å². The Labute approximate surface area is 163 Å². The molecule has 1 amide bonds. The van der Waals surface area contributed by atoms with Gasteiger partial charge in [-0.05, 0) is 41.8 Å². The Morgan fingerprint density at radius 2 is 1.93 bits per heavy atom. The summed E-state index contributed by atoms with van der Waals surface area (Å²) in [6, 6.07) is 10.4. The van der Waals surface area contributed by atoms with Gasteiger partial charge in [0.05, 0.1) is 11.1 Å². The molecule has 1 aromatic heterocycles. The minimum absolute atomic E-state index is 0.0162. The highest BCUT2D eigenvalue weighted by Crippen LogP contribution is 2.32. The van der Waals surface area contributed by atoms with Gasteiger partial charge in [0, 0.05) is 43.2 Å². The van der Waals surface area contributed by atoms with E-state index in [9.17, 15) is 14.0 Å². The van der Waals surface area contributed by atoms with Crippen molar-refractivity contribution in [2.75, 3.05) is 11.4 Å². The van der Waals surface area contributed by atoms with Crippen LogP contribution < -0.4 is 4.90 Å². The van der Waals surface area contributed by atoms with Crippen LogP contribution in [0, 0.1) is 11.7 Å². The molecule has 0 spiro atoms. The van der Waals surface area contributed by atoms with Crippen molar-refractivity contribution in [3.63, 3.8) is 0 Å². The summed E-state index contributed by atoms with van der Waals surface area (Å²) in [5.74, 6) is -0.166. The van der Waals surface area contributed by atoms with Gasteiger partial charge in [-0.25, -0.2) is 4.39 Å². The van der Waals surface area contributed by atoms with Crippen molar-refractivity contribution >= 4 is 28.3 Å². The molecule has 0 saturated heterocycles. The minimum atomic E-state index is -0.317. The largest absolute Gasteiger partial charge is 0.350 e. The maximum absolute atomic E-state index is 13.6. The maximum atomic E-state index is 13.6. The molecule has 0 radical (unpaired) electrons. The molecule has 28 heavy (non-hydrogen) atoms. The van der Waals surface area contributed by atoms with E-state index in [1.165, 1.54) is 12.1 Å². The summed E-state index contributed by atoms with van der Waals surface area (Å²) >= 11 is 0. The monoisotopic (exact) mass is 378 g/mol. The molecule has 0 atom stereocenters. The minimum Gasteiger partial charge on any atom is -0.350 e. The summed E-state index contributed by atoms with van der Waals surface area (Å²) in [4.78, 5) is 27.0. The number of amides is 1. The van der Waals surface area contributed by atoms with Crippen molar-refractivity contribution in [3.05, 3.63) is 65.1 Å². The van der Waals surface area contributed by atoms with Gasteiger partial charge in [0.15, 0.2) is 0 Å². The van der Waals surface area contributed by atoms with E-state index in [0.29, 0.717) is 24.0 Å². The average molecular weight is 378 g/mol. The van der Waals surface area contributed by atoms with Crippen LogP contribution >= 0.6 is 0 Å². The number of ketones is 1. The fraction of sp³-hybridized carbons (Fsp3) is 0.304. The highest BCUT2D eigenvalue weighted by atomic mass is 19.1. The summed E-state index contributed by atoms with van der Waals surface area (Å²) in [5.41, 5.74) is 4.25. The van der Waals surface area contributed by atoms with Crippen LogP contribution in [-0.4, -0.2) is 22.8 Å². The normalized spacial score (nSPS) is 13.4. The molecule has 0 aliphatic carbocycles. The van der Waals surface area contributed by atoms with E-state index in [4.69, 9.17) is 0 Å². The Bertz CT molecular complexity index is 1100. The smallest absolute Gasteiger partial charge is 0.260 e. The van der Waals surface area contributed by atoms with Gasteiger partial charge in [-0.3, -0.25) is 9.59 Å². The lowest BCUT2D eigenvalue weighted by molar-refractivity contribution is -0.121. The quantitative estimate of drug-likeness (QED) is 0.680. The molecule has 5 heteroatoms. The number of fused-ring (bicyclic) bond motifs is 2. The molecule has 0 bridgehead atoms. The van der Waals surface area contributed by atoms with Gasteiger partial charge in [-0.1, -0.05) is 26.0 Å². The lowest BCUT2D eigenvalue weighted by atomic mass is 9.99. The second-order valence-electron chi connectivity index (χ2n) is 7.78. The zero-order valence-corrected chi connectivity index (χ0v) is 16.3. The molecular formula is C23H23FN2O2. The molecule has 0 N–H and O–H groups in total. The zero-order chi connectivity index (χ0) is 20.0. The lowest BCUT2D eigenvalue weighted by Crippen LogP contribution is -2.28. The van der Waals surface area contributed by atoms with Crippen LogP contribution in [0.5, 0.6) is 0 Å². The first-order chi connectivity index (χ1) is 13.3. The molecular weight excluding hydrogens is 355 g/mol. The van der Waals surface area contributed by atoms with E-state index in [0.717, 1.165) is 28.6 Å². The number of carbonyl (C=O) groups excluding carboxylic acids is 2. The number of carbonyl (C=O) groups is 2. The fourth-order valence-electron chi connectivity index (χ4n) is 3.85. The van der Waals surface area contributed by atoms with Crippen molar-refractivity contribution in [1.82, 2.24) is 4.57 Å². The molecule has 0 unspecified atom stereocenters. The van der Waals surface area contributed by atoms with Gasteiger partial charge in [0.25, 0.3) is 5.91 Å². The highest BCUT2D eigenvalue weighted by molar-refractivity contribution is 6.14. The first-order valence-corrected chi connectivity index (χ1v) is 9.56. The van der Waals surface area contributed by atoms with Crippen LogP contribution in [0.15, 0.2) is 42.6 Å². The number of benzene rings is 2. The Morgan fingerprint density at radius 1 is 1.14 bits per heavy atom. The first kappa shape index (κ1) is 18.4. The molecule has 0 saturated carbocycles. The molecule has 1 aliphatic heterocycles. The van der Waals surface area contributed by atoms with Crippen LogP contribution in [0.4, 0.5) is 10.1 Å². The zero-order valence-electron chi connectivity index (χ0n) is 16.3. The van der Waals surface area contributed by atoms with E-state index < -0.39 is 0 Å².